The lowest BCUT2D eigenvalue weighted by atomic mass is 10.1. The van der Waals surface area contributed by atoms with E-state index in [1.807, 2.05) is 32.0 Å². The van der Waals surface area contributed by atoms with Gasteiger partial charge in [-0.05, 0) is 55.7 Å². The first-order valence-corrected chi connectivity index (χ1v) is 8.96. The minimum absolute atomic E-state index is 0.223. The molecule has 1 aromatic heterocycles. The number of benzene rings is 2. The Morgan fingerprint density at radius 2 is 1.86 bits per heavy atom. The second-order valence-corrected chi connectivity index (χ2v) is 6.83. The van der Waals surface area contributed by atoms with Crippen molar-refractivity contribution >= 4 is 17.6 Å². The van der Waals surface area contributed by atoms with Gasteiger partial charge in [0.05, 0.1) is 0 Å². The summed E-state index contributed by atoms with van der Waals surface area (Å²) in [4.78, 5) is 21.7. The number of aliphatic imine (C=N–C) groups is 1. The monoisotopic (exact) mass is 377 g/mol. The molecular formula is C21H20FN5O. The van der Waals surface area contributed by atoms with Crippen LogP contribution in [0.25, 0.3) is 0 Å². The van der Waals surface area contributed by atoms with Crippen molar-refractivity contribution in [3.05, 3.63) is 87.1 Å². The van der Waals surface area contributed by atoms with Crippen LogP contribution in [-0.2, 0) is 0 Å². The van der Waals surface area contributed by atoms with Gasteiger partial charge in [0.25, 0.3) is 5.56 Å². The van der Waals surface area contributed by atoms with Crippen molar-refractivity contribution in [2.75, 3.05) is 10.6 Å². The lowest BCUT2D eigenvalue weighted by Gasteiger charge is -2.27. The van der Waals surface area contributed by atoms with E-state index < -0.39 is 6.17 Å². The topological polar surface area (TPSA) is 71.3 Å². The van der Waals surface area contributed by atoms with Gasteiger partial charge < -0.3 is 5.32 Å². The maximum atomic E-state index is 13.4. The number of aryl methyl sites for hydroxylation is 2. The summed E-state index contributed by atoms with van der Waals surface area (Å²) in [5.74, 6) is 0.521. The summed E-state index contributed by atoms with van der Waals surface area (Å²) in [6.07, 6.45) is -0.648. The van der Waals surface area contributed by atoms with Gasteiger partial charge in [-0.15, -0.1) is 0 Å². The highest BCUT2D eigenvalue weighted by molar-refractivity contribution is 6.04. The predicted molar refractivity (Wildman–Crippen MR) is 108 cm³/mol. The minimum atomic E-state index is -0.648. The molecule has 2 aromatic carbocycles. The van der Waals surface area contributed by atoms with E-state index in [0.717, 1.165) is 16.8 Å². The highest BCUT2D eigenvalue weighted by Gasteiger charge is 2.25. The Morgan fingerprint density at radius 1 is 1.11 bits per heavy atom. The second kappa shape index (κ2) is 6.92. The number of hydrogen-bond acceptors (Lipinski definition) is 5. The fourth-order valence-corrected chi connectivity index (χ4v) is 3.18. The molecule has 0 bridgehead atoms. The van der Waals surface area contributed by atoms with Crippen LogP contribution in [0.2, 0.25) is 0 Å². The number of anilines is 2. The first-order chi connectivity index (χ1) is 13.4. The lowest BCUT2D eigenvalue weighted by molar-refractivity contribution is 0.573. The largest absolute Gasteiger partial charge is 0.326 e. The Labute approximate surface area is 161 Å². The van der Waals surface area contributed by atoms with Gasteiger partial charge in [-0.2, -0.15) is 0 Å². The summed E-state index contributed by atoms with van der Waals surface area (Å²) >= 11 is 0. The van der Waals surface area contributed by atoms with E-state index in [9.17, 15) is 9.18 Å². The third-order valence-electron chi connectivity index (χ3n) is 4.83. The smallest absolute Gasteiger partial charge is 0.257 e. The fourth-order valence-electron chi connectivity index (χ4n) is 3.18. The van der Waals surface area contributed by atoms with Crippen molar-refractivity contribution in [1.82, 2.24) is 9.55 Å². The van der Waals surface area contributed by atoms with E-state index in [-0.39, 0.29) is 11.4 Å². The van der Waals surface area contributed by atoms with Gasteiger partial charge >= 0.3 is 0 Å². The van der Waals surface area contributed by atoms with Crippen LogP contribution in [0.3, 0.4) is 0 Å². The number of nitrogens with one attached hydrogen (secondary N) is 2. The average molecular weight is 377 g/mol. The summed E-state index contributed by atoms with van der Waals surface area (Å²) in [7, 11) is 0. The van der Waals surface area contributed by atoms with E-state index >= 15 is 0 Å². The summed E-state index contributed by atoms with van der Waals surface area (Å²) in [6.45, 7) is 5.83. The molecule has 0 saturated carbocycles. The van der Waals surface area contributed by atoms with Crippen molar-refractivity contribution in [3.63, 3.8) is 0 Å². The maximum absolute atomic E-state index is 13.4. The van der Waals surface area contributed by atoms with E-state index in [1.165, 1.54) is 22.8 Å². The average Bonchev–Trinajstić information content (AvgIpc) is 2.65. The molecule has 2 heterocycles. The standard InChI is InChI=1S/C21H20FN5O/c1-12-5-4-6-17(14(12)3)24-20-25-19(15-7-9-16(22)10-8-15)27-18(28)11-13(2)23-21(27)26-20/h4-11,19H,1-3H3,(H2,23,24,25,26)/t19-/m0/s1. The van der Waals surface area contributed by atoms with E-state index in [2.05, 4.69) is 20.6 Å². The van der Waals surface area contributed by atoms with Crippen LogP contribution in [0.15, 0.2) is 58.3 Å². The quantitative estimate of drug-likeness (QED) is 0.714. The van der Waals surface area contributed by atoms with Gasteiger partial charge in [0, 0.05) is 17.4 Å². The summed E-state index contributed by atoms with van der Waals surface area (Å²) in [6, 6.07) is 13.4. The molecule has 1 aliphatic rings. The number of rotatable bonds is 2. The Balaban J connectivity index is 1.81. The molecule has 3 aromatic rings. The molecule has 4 rings (SSSR count). The van der Waals surface area contributed by atoms with Crippen molar-refractivity contribution in [2.24, 2.45) is 4.99 Å². The van der Waals surface area contributed by atoms with Gasteiger partial charge in [0.15, 0.2) is 6.17 Å². The minimum Gasteiger partial charge on any atom is -0.326 e. The van der Waals surface area contributed by atoms with E-state index in [4.69, 9.17) is 0 Å². The van der Waals surface area contributed by atoms with Crippen molar-refractivity contribution in [1.29, 1.82) is 0 Å². The number of halogens is 1. The van der Waals surface area contributed by atoms with Crippen LogP contribution in [0.5, 0.6) is 0 Å². The normalized spacial score (nSPS) is 15.4. The Bertz CT molecular complexity index is 1130. The van der Waals surface area contributed by atoms with Crippen LogP contribution in [0.4, 0.5) is 16.0 Å². The molecule has 0 amide bonds. The van der Waals surface area contributed by atoms with Crippen molar-refractivity contribution in [3.8, 4) is 0 Å². The first-order valence-electron chi connectivity index (χ1n) is 8.96. The first kappa shape index (κ1) is 17.9. The zero-order chi connectivity index (χ0) is 19.8. The number of hydrogen-bond donors (Lipinski definition) is 2. The van der Waals surface area contributed by atoms with Crippen LogP contribution < -0.4 is 16.2 Å². The molecule has 142 valence electrons. The van der Waals surface area contributed by atoms with Gasteiger partial charge in [-0.25, -0.2) is 14.4 Å². The second-order valence-electron chi connectivity index (χ2n) is 6.83. The maximum Gasteiger partial charge on any atom is 0.257 e. The fraction of sp³-hybridized carbons (Fsp3) is 0.190. The van der Waals surface area contributed by atoms with E-state index in [1.54, 1.807) is 19.1 Å². The predicted octanol–water partition coefficient (Wildman–Crippen LogP) is 3.75. The molecular weight excluding hydrogens is 357 g/mol. The van der Waals surface area contributed by atoms with Crippen LogP contribution >= 0.6 is 0 Å². The molecule has 0 unspecified atom stereocenters. The Hall–Kier alpha value is -3.48. The van der Waals surface area contributed by atoms with Gasteiger partial charge in [-0.3, -0.25) is 14.7 Å². The van der Waals surface area contributed by atoms with Gasteiger partial charge in [0.2, 0.25) is 11.9 Å². The summed E-state index contributed by atoms with van der Waals surface area (Å²) in [5, 5.41) is 6.39. The number of fused-ring (bicyclic) bond motifs is 1. The molecule has 0 spiro atoms. The number of nitrogens with zero attached hydrogens (tertiary/aromatic N) is 3. The molecule has 0 saturated heterocycles. The third-order valence-corrected chi connectivity index (χ3v) is 4.83. The molecule has 1 aliphatic heterocycles. The number of guanidine groups is 1. The lowest BCUT2D eigenvalue weighted by Crippen LogP contribution is -2.37. The molecule has 6 nitrogen and oxygen atoms in total. The van der Waals surface area contributed by atoms with Gasteiger partial charge in [-0.1, -0.05) is 24.3 Å². The third kappa shape index (κ3) is 3.26. The van der Waals surface area contributed by atoms with Crippen molar-refractivity contribution in [2.45, 2.75) is 26.9 Å². The molecule has 1 atom stereocenters. The van der Waals surface area contributed by atoms with Crippen LogP contribution in [-0.4, -0.2) is 15.5 Å². The molecule has 0 radical (unpaired) electrons. The molecule has 7 heteroatoms. The highest BCUT2D eigenvalue weighted by Crippen LogP contribution is 2.27. The molecule has 28 heavy (non-hydrogen) atoms. The van der Waals surface area contributed by atoms with Gasteiger partial charge in [0.1, 0.15) is 5.82 Å². The summed E-state index contributed by atoms with van der Waals surface area (Å²) < 4.78 is 14.9. The zero-order valence-electron chi connectivity index (χ0n) is 15.8. The van der Waals surface area contributed by atoms with E-state index in [0.29, 0.717) is 23.2 Å². The zero-order valence-corrected chi connectivity index (χ0v) is 15.8. The van der Waals surface area contributed by atoms with Crippen LogP contribution in [0.1, 0.15) is 28.6 Å². The highest BCUT2D eigenvalue weighted by atomic mass is 19.1. The van der Waals surface area contributed by atoms with Crippen molar-refractivity contribution < 1.29 is 4.39 Å². The SMILES string of the molecule is Cc1cc(=O)n2c(n1)NC(Nc1cccc(C)c1C)=N[C@@H]2c1ccc(F)cc1. The summed E-state index contributed by atoms with van der Waals surface area (Å²) in [5.41, 5.74) is 4.24. The van der Waals surface area contributed by atoms with Crippen LogP contribution in [0, 0.1) is 26.6 Å². The molecule has 0 aliphatic carbocycles. The Kier molecular flexibility index (Phi) is 4.43. The molecule has 2 N–H and O–H groups in total. The molecule has 0 fully saturated rings. The Morgan fingerprint density at radius 3 is 2.61 bits per heavy atom. The number of aromatic nitrogens is 2.